The van der Waals surface area contributed by atoms with E-state index in [1.54, 1.807) is 19.4 Å². The highest BCUT2D eigenvalue weighted by molar-refractivity contribution is 5.96. The number of hydrogen-bond acceptors (Lipinski definition) is 4. The number of rotatable bonds is 5. The van der Waals surface area contributed by atoms with Gasteiger partial charge in [0.25, 0.3) is 5.91 Å². The zero-order valence-corrected chi connectivity index (χ0v) is 16.1. The second-order valence-corrected chi connectivity index (χ2v) is 7.50. The molecule has 1 aromatic heterocycles. The molecule has 8 heteroatoms. The van der Waals surface area contributed by atoms with E-state index < -0.39 is 0 Å². The fraction of sp³-hybridized carbons (Fsp3) is 0.632. The summed E-state index contributed by atoms with van der Waals surface area (Å²) in [4.78, 5) is 41.1. The van der Waals surface area contributed by atoms with Gasteiger partial charge in [-0.2, -0.15) is 0 Å². The number of aromatic amines is 1. The summed E-state index contributed by atoms with van der Waals surface area (Å²) in [7, 11) is 1.71. The number of methoxy groups -OCH3 is 1. The average Bonchev–Trinajstić information content (AvgIpc) is 3.23. The lowest BCUT2D eigenvalue weighted by Gasteiger charge is -2.43. The van der Waals surface area contributed by atoms with Gasteiger partial charge in [-0.25, -0.2) is 0 Å². The summed E-state index contributed by atoms with van der Waals surface area (Å²) in [5.74, 6) is -0.443. The zero-order chi connectivity index (χ0) is 19.6. The van der Waals surface area contributed by atoms with Gasteiger partial charge in [0, 0.05) is 38.5 Å². The number of carbonyl (C=O) groups is 3. The molecule has 1 aromatic rings. The van der Waals surface area contributed by atoms with Crippen LogP contribution in [-0.4, -0.2) is 65.5 Å². The van der Waals surface area contributed by atoms with Crippen LogP contribution in [0.1, 0.15) is 48.7 Å². The Balaban J connectivity index is 1.71. The summed E-state index contributed by atoms with van der Waals surface area (Å²) in [6, 6.07) is 1.68. The Labute approximate surface area is 159 Å². The Bertz CT molecular complexity index is 731. The number of aromatic nitrogens is 1. The molecule has 1 aliphatic heterocycles. The molecule has 0 bridgehead atoms. The highest BCUT2D eigenvalue weighted by Crippen LogP contribution is 2.43. The van der Waals surface area contributed by atoms with E-state index in [1.165, 1.54) is 6.92 Å². The monoisotopic (exact) mass is 376 g/mol. The molecule has 2 heterocycles. The van der Waals surface area contributed by atoms with Gasteiger partial charge >= 0.3 is 0 Å². The predicted molar refractivity (Wildman–Crippen MR) is 99.2 cm³/mol. The summed E-state index contributed by atoms with van der Waals surface area (Å²) in [6.07, 6.45) is 4.80. The van der Waals surface area contributed by atoms with Crippen molar-refractivity contribution in [2.75, 3.05) is 20.2 Å². The van der Waals surface area contributed by atoms with Crippen LogP contribution in [0, 0.1) is 6.92 Å². The summed E-state index contributed by atoms with van der Waals surface area (Å²) in [6.45, 7) is 3.89. The molecular weight excluding hydrogens is 348 g/mol. The van der Waals surface area contributed by atoms with E-state index in [0.717, 1.165) is 25.0 Å². The van der Waals surface area contributed by atoms with Crippen LogP contribution in [0.3, 0.4) is 0 Å². The van der Waals surface area contributed by atoms with E-state index in [0.29, 0.717) is 18.5 Å². The van der Waals surface area contributed by atoms with Crippen LogP contribution in [0.4, 0.5) is 0 Å². The van der Waals surface area contributed by atoms with Crippen molar-refractivity contribution >= 4 is 17.7 Å². The Kier molecular flexibility index (Phi) is 5.55. The van der Waals surface area contributed by atoms with Crippen LogP contribution in [0.25, 0.3) is 0 Å². The predicted octanol–water partition coefficient (Wildman–Crippen LogP) is 0.728. The Morgan fingerprint density at radius 3 is 2.78 bits per heavy atom. The van der Waals surface area contributed by atoms with Crippen molar-refractivity contribution in [3.05, 3.63) is 23.5 Å². The van der Waals surface area contributed by atoms with Crippen molar-refractivity contribution < 1.29 is 19.1 Å². The van der Waals surface area contributed by atoms with Gasteiger partial charge in [0.2, 0.25) is 11.8 Å². The summed E-state index contributed by atoms with van der Waals surface area (Å²) < 4.78 is 5.89. The van der Waals surface area contributed by atoms with E-state index in [9.17, 15) is 14.4 Å². The van der Waals surface area contributed by atoms with E-state index in [-0.39, 0.29) is 42.0 Å². The molecule has 3 N–H and O–H groups in total. The number of amides is 3. The third-order valence-corrected chi connectivity index (χ3v) is 5.90. The second kappa shape index (κ2) is 7.72. The van der Waals surface area contributed by atoms with Crippen molar-refractivity contribution in [3.8, 4) is 0 Å². The molecule has 1 aliphatic carbocycles. The molecule has 3 rings (SSSR count). The van der Waals surface area contributed by atoms with Gasteiger partial charge in [0.05, 0.1) is 23.8 Å². The topological polar surface area (TPSA) is 104 Å². The molecule has 148 valence electrons. The highest BCUT2D eigenvalue weighted by atomic mass is 16.5. The minimum Gasteiger partial charge on any atom is -0.376 e. The van der Waals surface area contributed by atoms with Gasteiger partial charge in [-0.3, -0.25) is 14.4 Å². The first-order valence-corrected chi connectivity index (χ1v) is 9.40. The van der Waals surface area contributed by atoms with Gasteiger partial charge in [-0.15, -0.1) is 0 Å². The number of H-pyrrole nitrogens is 1. The number of aryl methyl sites for hydroxylation is 1. The lowest BCUT2D eigenvalue weighted by atomic mass is 9.78. The van der Waals surface area contributed by atoms with Crippen LogP contribution in [0.15, 0.2) is 12.3 Å². The summed E-state index contributed by atoms with van der Waals surface area (Å²) in [5, 5.41) is 5.49. The minimum atomic E-state index is -0.348. The lowest BCUT2D eigenvalue weighted by molar-refractivity contribution is -0.126. The number of nitrogens with zero attached hydrogens (tertiary/aromatic N) is 1. The molecule has 8 nitrogen and oxygen atoms in total. The fourth-order valence-electron chi connectivity index (χ4n) is 4.39. The number of nitrogens with one attached hydrogen (secondary N) is 3. The molecule has 0 spiro atoms. The van der Waals surface area contributed by atoms with E-state index >= 15 is 0 Å². The second-order valence-electron chi connectivity index (χ2n) is 7.50. The molecule has 2 aliphatic rings. The number of hydrogen-bond donors (Lipinski definition) is 3. The quantitative estimate of drug-likeness (QED) is 0.705. The third-order valence-electron chi connectivity index (χ3n) is 5.90. The van der Waals surface area contributed by atoms with Crippen molar-refractivity contribution in [2.24, 2.45) is 0 Å². The van der Waals surface area contributed by atoms with Gasteiger partial charge < -0.3 is 25.3 Å². The number of fused-ring (bicyclic) bond motifs is 1. The van der Waals surface area contributed by atoms with E-state index in [1.807, 2.05) is 11.8 Å². The van der Waals surface area contributed by atoms with Gasteiger partial charge in [0.15, 0.2) is 0 Å². The molecule has 1 saturated carbocycles. The Morgan fingerprint density at radius 2 is 2.15 bits per heavy atom. The number of likely N-dealkylation sites (tertiary alicyclic amines) is 1. The molecule has 1 saturated heterocycles. The van der Waals surface area contributed by atoms with Crippen molar-refractivity contribution in [3.63, 3.8) is 0 Å². The summed E-state index contributed by atoms with van der Waals surface area (Å²) in [5.41, 5.74) is 1.18. The van der Waals surface area contributed by atoms with E-state index in [2.05, 4.69) is 15.6 Å². The smallest absolute Gasteiger partial charge is 0.256 e. The average molecular weight is 376 g/mol. The molecule has 3 amide bonds. The molecular formula is C19H28N4O4. The standard InChI is InChI=1S/C19H28N4O4/c1-12-15(5-8-20-12)18(26)23-9-7-19(27-3)6-4-14(10-16(19)23)22-17(25)11-21-13(2)24/h5,8,14,16,20H,4,6-7,9-11H2,1-3H3,(H,21,24)(H,22,25)/t14-,16+,19-/m1/s1. The van der Waals surface area contributed by atoms with Crippen LogP contribution < -0.4 is 10.6 Å². The van der Waals surface area contributed by atoms with Crippen molar-refractivity contribution in [2.45, 2.75) is 57.2 Å². The van der Waals surface area contributed by atoms with Crippen LogP contribution in [-0.2, 0) is 14.3 Å². The molecule has 0 aromatic carbocycles. The molecule has 0 unspecified atom stereocenters. The maximum Gasteiger partial charge on any atom is 0.256 e. The number of ether oxygens (including phenoxy) is 1. The van der Waals surface area contributed by atoms with Crippen molar-refractivity contribution in [1.29, 1.82) is 0 Å². The van der Waals surface area contributed by atoms with Crippen LogP contribution in [0.5, 0.6) is 0 Å². The molecule has 3 atom stereocenters. The molecule has 2 fully saturated rings. The summed E-state index contributed by atoms with van der Waals surface area (Å²) >= 11 is 0. The SMILES string of the molecule is CO[C@@]12CC[C@@H](NC(=O)CNC(C)=O)C[C@@H]1N(C(=O)c1cc[nH]c1C)CC2. The maximum absolute atomic E-state index is 13.1. The Hall–Kier alpha value is -2.35. The molecule has 0 radical (unpaired) electrons. The fourth-order valence-corrected chi connectivity index (χ4v) is 4.39. The molecule has 27 heavy (non-hydrogen) atoms. The van der Waals surface area contributed by atoms with E-state index in [4.69, 9.17) is 4.74 Å². The normalized spacial score (nSPS) is 27.1. The number of carbonyl (C=O) groups excluding carboxylic acids is 3. The van der Waals surface area contributed by atoms with Gasteiger partial charge in [0.1, 0.15) is 0 Å². The first-order chi connectivity index (χ1) is 12.9. The lowest BCUT2D eigenvalue weighted by Crippen LogP contribution is -2.56. The van der Waals surface area contributed by atoms with Crippen molar-refractivity contribution in [1.82, 2.24) is 20.5 Å². The van der Waals surface area contributed by atoms with Crippen LogP contribution in [0.2, 0.25) is 0 Å². The zero-order valence-electron chi connectivity index (χ0n) is 16.1. The van der Waals surface area contributed by atoms with Gasteiger partial charge in [-0.05, 0) is 38.7 Å². The minimum absolute atomic E-state index is 0.00268. The Morgan fingerprint density at radius 1 is 1.37 bits per heavy atom. The third kappa shape index (κ3) is 3.85. The maximum atomic E-state index is 13.1. The van der Waals surface area contributed by atoms with Crippen LogP contribution >= 0.6 is 0 Å². The highest BCUT2D eigenvalue weighted by Gasteiger charge is 2.52. The first kappa shape index (κ1) is 19.4. The largest absolute Gasteiger partial charge is 0.376 e. The first-order valence-electron chi connectivity index (χ1n) is 9.40. The van der Waals surface area contributed by atoms with Gasteiger partial charge in [-0.1, -0.05) is 0 Å².